The van der Waals surface area contributed by atoms with E-state index in [2.05, 4.69) is 235 Å². The zero-order chi connectivity index (χ0) is 45.3. The molecule has 0 bridgehead atoms. The van der Waals surface area contributed by atoms with Gasteiger partial charge in [-0.1, -0.05) is 236 Å². The quantitative estimate of drug-likeness (QED) is 0.121. The molecule has 0 aliphatic heterocycles. The highest BCUT2D eigenvalue weighted by atomic mass is 14.2. The van der Waals surface area contributed by atoms with Gasteiger partial charge in [0.25, 0.3) is 0 Å². The van der Waals surface area contributed by atoms with Crippen molar-refractivity contribution < 1.29 is 0 Å². The molecule has 0 heterocycles. The lowest BCUT2D eigenvalue weighted by molar-refractivity contribution is 0.666. The predicted octanol–water partition coefficient (Wildman–Crippen LogP) is 19.5. The van der Waals surface area contributed by atoms with Gasteiger partial charge in [-0.25, -0.2) is 0 Å². The van der Waals surface area contributed by atoms with Crippen LogP contribution < -0.4 is 0 Å². The van der Waals surface area contributed by atoms with E-state index in [4.69, 9.17) is 0 Å². The zero-order valence-corrected chi connectivity index (χ0v) is 40.9. The monoisotopic (exact) mass is 825 g/mol. The molecule has 328 valence electrons. The van der Waals surface area contributed by atoms with Gasteiger partial charge in [0, 0.05) is 0 Å². The lowest BCUT2D eigenvalue weighted by atomic mass is 9.82. The molecule has 0 heteroatoms. The fourth-order valence-electron chi connectivity index (χ4n) is 7.71. The predicted molar refractivity (Wildman–Crippen MR) is 279 cm³/mol. The molecule has 0 N–H and O–H groups in total. The van der Waals surface area contributed by atoms with Gasteiger partial charge in [0.2, 0.25) is 0 Å². The summed E-state index contributed by atoms with van der Waals surface area (Å²) >= 11 is 0. The minimum absolute atomic E-state index is 0.626. The number of rotatable bonds is 10. The zero-order valence-electron chi connectivity index (χ0n) is 40.9. The molecule has 0 saturated carbocycles. The van der Waals surface area contributed by atoms with Crippen molar-refractivity contribution in [2.75, 3.05) is 0 Å². The molecule has 0 nitrogen and oxygen atoms in total. The van der Waals surface area contributed by atoms with Crippen molar-refractivity contribution in [3.63, 3.8) is 0 Å². The van der Waals surface area contributed by atoms with Crippen LogP contribution in [0.2, 0.25) is 0 Å². The van der Waals surface area contributed by atoms with E-state index in [0.29, 0.717) is 5.92 Å². The van der Waals surface area contributed by atoms with Crippen molar-refractivity contribution in [1.82, 2.24) is 0 Å². The Labute approximate surface area is 380 Å². The van der Waals surface area contributed by atoms with E-state index in [-0.39, 0.29) is 0 Å². The molecule has 1 atom stereocenters. The van der Waals surface area contributed by atoms with E-state index in [1.54, 1.807) is 5.57 Å². The molecule has 0 spiro atoms. The molecule has 6 aromatic carbocycles. The van der Waals surface area contributed by atoms with Crippen LogP contribution in [0.1, 0.15) is 138 Å². The molecule has 0 radical (unpaired) electrons. The molecule has 0 aromatic heterocycles. The number of benzene rings is 6. The van der Waals surface area contributed by atoms with Gasteiger partial charge in [-0.05, 0) is 146 Å². The van der Waals surface area contributed by atoms with E-state index in [1.165, 1.54) is 123 Å². The summed E-state index contributed by atoms with van der Waals surface area (Å²) in [7, 11) is 0. The SMILES string of the molecule is CCCC.CCCCCC.CC[C@@H](C)C1=C(c2cc(-c3ccccc3)ccc2C)CCC=C1.Cc1cc(C)cc(C)c1.Cc1ccccc1-c1cc(-c2ccccc2)ccc1C. The summed E-state index contributed by atoms with van der Waals surface area (Å²) in [5.74, 6) is 0.626. The summed E-state index contributed by atoms with van der Waals surface area (Å²) < 4.78 is 0. The van der Waals surface area contributed by atoms with Gasteiger partial charge in [-0.3, -0.25) is 0 Å². The summed E-state index contributed by atoms with van der Waals surface area (Å²) in [5, 5.41) is 0. The highest BCUT2D eigenvalue weighted by Gasteiger charge is 2.17. The van der Waals surface area contributed by atoms with Gasteiger partial charge in [-0.2, -0.15) is 0 Å². The first-order valence-corrected chi connectivity index (χ1v) is 23.8. The minimum Gasteiger partial charge on any atom is -0.0839 e. The molecule has 62 heavy (non-hydrogen) atoms. The standard InChI is InChI=1S/C23H26.C20H18.C9H12.C6H14.C4H10/c1-4-17(2)21-12-8-9-13-22(21)23-16-20(15-14-18(23)3)19-10-6-5-7-11-19;1-15-8-6-7-11-19(15)20-14-18(13-12-16(20)2)17-9-4-3-5-10-17;1-7-4-8(2)6-9(3)5-7;1-3-5-6-4-2;1-3-4-2/h5-8,10-12,14-17H,4,9,13H2,1-3H3;3-14H,1-2H3;4-6H,1-3H3;3-6H2,1-2H3;3-4H2,1-2H3/t17-;;;;/m1..../s1. The first-order chi connectivity index (χ1) is 30.0. The van der Waals surface area contributed by atoms with Crippen molar-refractivity contribution in [2.24, 2.45) is 5.92 Å². The molecular formula is C62H80. The maximum atomic E-state index is 2.39. The summed E-state index contributed by atoms with van der Waals surface area (Å²) in [6, 6.07) is 50.0. The third-order valence-electron chi connectivity index (χ3n) is 11.6. The van der Waals surface area contributed by atoms with Gasteiger partial charge >= 0.3 is 0 Å². The summed E-state index contributed by atoms with van der Waals surface area (Å²) in [6.07, 6.45) is 16.4. The Morgan fingerprint density at radius 2 is 0.855 bits per heavy atom. The molecule has 0 amide bonds. The van der Waals surface area contributed by atoms with E-state index < -0.39 is 0 Å². The van der Waals surface area contributed by atoms with Crippen molar-refractivity contribution >= 4 is 5.57 Å². The van der Waals surface area contributed by atoms with Crippen LogP contribution in [0.3, 0.4) is 0 Å². The molecule has 0 fully saturated rings. The highest BCUT2D eigenvalue weighted by Crippen LogP contribution is 2.37. The van der Waals surface area contributed by atoms with Gasteiger partial charge in [0.05, 0.1) is 0 Å². The Balaban J connectivity index is 0.000000236. The van der Waals surface area contributed by atoms with Gasteiger partial charge in [0.15, 0.2) is 0 Å². The Bertz CT molecular complexity index is 2170. The minimum atomic E-state index is 0.626. The van der Waals surface area contributed by atoms with Crippen LogP contribution in [0.25, 0.3) is 39.0 Å². The van der Waals surface area contributed by atoms with Gasteiger partial charge in [-0.15, -0.1) is 0 Å². The lowest BCUT2D eigenvalue weighted by Gasteiger charge is -2.23. The molecule has 7 rings (SSSR count). The van der Waals surface area contributed by atoms with Crippen molar-refractivity contribution in [2.45, 2.75) is 141 Å². The summed E-state index contributed by atoms with van der Waals surface area (Å²) in [6.45, 7) is 26.4. The molecule has 0 unspecified atom stereocenters. The first-order valence-electron chi connectivity index (χ1n) is 23.8. The van der Waals surface area contributed by atoms with E-state index in [0.717, 1.165) is 12.8 Å². The fraction of sp³-hybridized carbons (Fsp3) is 0.355. The molecule has 1 aliphatic carbocycles. The van der Waals surface area contributed by atoms with Crippen molar-refractivity contribution in [1.29, 1.82) is 0 Å². The molecular weight excluding hydrogens is 745 g/mol. The average molecular weight is 825 g/mol. The smallest absolute Gasteiger partial charge is 0.0146 e. The Hall–Kier alpha value is -5.20. The van der Waals surface area contributed by atoms with Crippen LogP contribution in [0.4, 0.5) is 0 Å². The normalized spacial score (nSPS) is 12.0. The molecule has 0 saturated heterocycles. The van der Waals surface area contributed by atoms with Crippen LogP contribution in [-0.2, 0) is 0 Å². The second-order valence-corrected chi connectivity index (χ2v) is 17.2. The van der Waals surface area contributed by atoms with Crippen LogP contribution in [0, 0.1) is 47.5 Å². The van der Waals surface area contributed by atoms with E-state index in [1.807, 2.05) is 0 Å². The van der Waals surface area contributed by atoms with Crippen molar-refractivity contribution in [3.8, 4) is 33.4 Å². The van der Waals surface area contributed by atoms with Gasteiger partial charge in [0.1, 0.15) is 0 Å². The molecule has 6 aromatic rings. The second kappa shape index (κ2) is 28.4. The fourth-order valence-corrected chi connectivity index (χ4v) is 7.71. The summed E-state index contributed by atoms with van der Waals surface area (Å²) in [5.41, 5.74) is 20.4. The number of unbranched alkanes of at least 4 members (excludes halogenated alkanes) is 4. The number of hydrogen-bond acceptors (Lipinski definition) is 0. The van der Waals surface area contributed by atoms with Crippen molar-refractivity contribution in [3.05, 3.63) is 196 Å². The van der Waals surface area contributed by atoms with E-state index in [9.17, 15) is 0 Å². The largest absolute Gasteiger partial charge is 0.0839 e. The first kappa shape index (κ1) is 51.2. The number of allylic oxidation sites excluding steroid dienone is 4. The Morgan fingerprint density at radius 3 is 1.31 bits per heavy atom. The Kier molecular flexibility index (Phi) is 23.4. The van der Waals surface area contributed by atoms with Crippen LogP contribution in [0.15, 0.2) is 157 Å². The Morgan fingerprint density at radius 1 is 0.419 bits per heavy atom. The topological polar surface area (TPSA) is 0 Å². The lowest BCUT2D eigenvalue weighted by Crippen LogP contribution is -2.04. The third-order valence-corrected chi connectivity index (χ3v) is 11.6. The maximum absolute atomic E-state index is 2.39. The summed E-state index contributed by atoms with van der Waals surface area (Å²) in [4.78, 5) is 0. The molecule has 1 aliphatic rings. The number of aryl methyl sites for hydroxylation is 6. The van der Waals surface area contributed by atoms with Crippen LogP contribution >= 0.6 is 0 Å². The number of hydrogen-bond donors (Lipinski definition) is 0. The van der Waals surface area contributed by atoms with Crippen LogP contribution in [-0.4, -0.2) is 0 Å². The van der Waals surface area contributed by atoms with Gasteiger partial charge < -0.3 is 0 Å². The second-order valence-electron chi connectivity index (χ2n) is 17.2. The third kappa shape index (κ3) is 16.9. The maximum Gasteiger partial charge on any atom is -0.0146 e. The highest BCUT2D eigenvalue weighted by molar-refractivity contribution is 5.79. The average Bonchev–Trinajstić information content (AvgIpc) is 3.29. The van der Waals surface area contributed by atoms with Crippen LogP contribution in [0.5, 0.6) is 0 Å². The van der Waals surface area contributed by atoms with E-state index >= 15 is 0 Å².